The van der Waals surface area contributed by atoms with Gasteiger partial charge < -0.3 is 0 Å². The van der Waals surface area contributed by atoms with E-state index in [2.05, 4.69) is 54.6 Å². The summed E-state index contributed by atoms with van der Waals surface area (Å²) in [5.74, 6) is 2.14. The van der Waals surface area contributed by atoms with Crippen LogP contribution in [0.2, 0.25) is 0 Å². The molecular formula is C16H15NS2. The smallest absolute Gasteiger partial charge is 0.130 e. The molecule has 1 aliphatic heterocycles. The molecule has 0 aliphatic carbocycles. The van der Waals surface area contributed by atoms with E-state index >= 15 is 0 Å². The highest BCUT2D eigenvalue weighted by Crippen LogP contribution is 2.34. The second-order valence-corrected chi connectivity index (χ2v) is 6.69. The third-order valence-corrected chi connectivity index (χ3v) is 5.26. The van der Waals surface area contributed by atoms with Gasteiger partial charge in [-0.1, -0.05) is 72.1 Å². The van der Waals surface area contributed by atoms with Crippen LogP contribution in [0.25, 0.3) is 0 Å². The van der Waals surface area contributed by atoms with Crippen molar-refractivity contribution in [2.75, 3.05) is 5.75 Å². The molecule has 0 N–H and O–H groups in total. The monoisotopic (exact) mass is 285 g/mol. The summed E-state index contributed by atoms with van der Waals surface area (Å²) in [6, 6.07) is 19.1. The minimum Gasteiger partial charge on any atom is -0.235 e. The zero-order chi connectivity index (χ0) is 12.9. The van der Waals surface area contributed by atoms with Crippen LogP contribution < -0.4 is 0 Å². The molecule has 19 heavy (non-hydrogen) atoms. The van der Waals surface area contributed by atoms with Gasteiger partial charge in [0.05, 0.1) is 5.69 Å². The Morgan fingerprint density at radius 3 is 2.68 bits per heavy atom. The summed E-state index contributed by atoms with van der Waals surface area (Å²) in [6.07, 6.45) is 1.10. The fourth-order valence-corrected chi connectivity index (χ4v) is 4.11. The second-order valence-electron chi connectivity index (χ2n) is 4.38. The van der Waals surface area contributed by atoms with Gasteiger partial charge in [-0.25, -0.2) is 4.99 Å². The van der Waals surface area contributed by atoms with E-state index in [1.54, 1.807) is 0 Å². The molecule has 3 heteroatoms. The summed E-state index contributed by atoms with van der Waals surface area (Å²) >= 11 is 3.72. The molecule has 0 radical (unpaired) electrons. The summed E-state index contributed by atoms with van der Waals surface area (Å²) in [6.45, 7) is 0. The molecule has 2 aromatic rings. The third-order valence-electron chi connectivity index (χ3n) is 3.01. The molecular weight excluding hydrogens is 270 g/mol. The number of aliphatic imine (C=N–C) groups is 1. The Kier molecular flexibility index (Phi) is 4.26. The average molecular weight is 285 g/mol. The zero-order valence-electron chi connectivity index (χ0n) is 10.6. The standard InChI is InChI=1S/C16H15NS2/c1-2-6-13(7-3-1)10-11-18-16-17-15-9-5-4-8-14(15)12-19-16/h1-9H,10-12H2. The minimum absolute atomic E-state index is 1.05. The van der Waals surface area contributed by atoms with Crippen molar-refractivity contribution < 1.29 is 0 Å². The summed E-state index contributed by atoms with van der Waals surface area (Å²) in [5.41, 5.74) is 3.89. The average Bonchev–Trinajstić information content (AvgIpc) is 2.48. The highest BCUT2D eigenvalue weighted by atomic mass is 32.2. The van der Waals surface area contributed by atoms with E-state index in [9.17, 15) is 0 Å². The summed E-state index contributed by atoms with van der Waals surface area (Å²) < 4.78 is 1.20. The van der Waals surface area contributed by atoms with Crippen LogP contribution in [0, 0.1) is 0 Å². The van der Waals surface area contributed by atoms with Gasteiger partial charge in [-0.15, -0.1) is 0 Å². The maximum absolute atomic E-state index is 4.72. The second kappa shape index (κ2) is 6.31. The number of rotatable bonds is 3. The first-order valence-electron chi connectivity index (χ1n) is 6.38. The summed E-state index contributed by atoms with van der Waals surface area (Å²) in [7, 11) is 0. The van der Waals surface area contributed by atoms with Crippen molar-refractivity contribution in [3.05, 3.63) is 65.7 Å². The fraction of sp³-hybridized carbons (Fsp3) is 0.188. The molecule has 0 saturated carbocycles. The van der Waals surface area contributed by atoms with Gasteiger partial charge in [0.15, 0.2) is 0 Å². The van der Waals surface area contributed by atoms with Gasteiger partial charge in [0.2, 0.25) is 0 Å². The van der Waals surface area contributed by atoms with E-state index in [0.29, 0.717) is 0 Å². The van der Waals surface area contributed by atoms with E-state index in [0.717, 1.165) is 23.6 Å². The molecule has 96 valence electrons. The van der Waals surface area contributed by atoms with E-state index in [1.807, 2.05) is 23.5 Å². The number of hydrogen-bond acceptors (Lipinski definition) is 3. The third kappa shape index (κ3) is 3.43. The largest absolute Gasteiger partial charge is 0.235 e. The Bertz CT molecular complexity index is 578. The molecule has 1 nitrogen and oxygen atoms in total. The maximum atomic E-state index is 4.72. The van der Waals surface area contributed by atoms with E-state index in [4.69, 9.17) is 4.99 Å². The van der Waals surface area contributed by atoms with Crippen molar-refractivity contribution in [1.82, 2.24) is 0 Å². The van der Waals surface area contributed by atoms with Crippen molar-refractivity contribution in [2.45, 2.75) is 12.2 Å². The number of benzene rings is 2. The van der Waals surface area contributed by atoms with Crippen LogP contribution in [-0.2, 0) is 12.2 Å². The SMILES string of the molecule is c1ccc(CCSC2=Nc3ccccc3CS2)cc1. The molecule has 2 aromatic carbocycles. The van der Waals surface area contributed by atoms with Gasteiger partial charge in [0.1, 0.15) is 4.38 Å². The molecule has 1 aliphatic rings. The lowest BCUT2D eigenvalue weighted by molar-refractivity contribution is 1.16. The Hall–Kier alpha value is -1.19. The number of nitrogens with zero attached hydrogens (tertiary/aromatic N) is 1. The van der Waals surface area contributed by atoms with Crippen molar-refractivity contribution in [3.8, 4) is 0 Å². The van der Waals surface area contributed by atoms with Crippen LogP contribution in [0.1, 0.15) is 11.1 Å². The molecule has 0 atom stereocenters. The van der Waals surface area contributed by atoms with Gasteiger partial charge in [-0.05, 0) is 23.6 Å². The first-order valence-corrected chi connectivity index (χ1v) is 8.35. The summed E-state index contributed by atoms with van der Waals surface area (Å²) in [4.78, 5) is 4.72. The lowest BCUT2D eigenvalue weighted by Gasteiger charge is -2.14. The number of thioether (sulfide) groups is 2. The number of aryl methyl sites for hydroxylation is 1. The van der Waals surface area contributed by atoms with E-state index in [-0.39, 0.29) is 0 Å². The molecule has 0 unspecified atom stereocenters. The lowest BCUT2D eigenvalue weighted by atomic mass is 10.2. The number of hydrogen-bond donors (Lipinski definition) is 0. The Morgan fingerprint density at radius 1 is 1.00 bits per heavy atom. The van der Waals surface area contributed by atoms with Crippen LogP contribution in [0.5, 0.6) is 0 Å². The van der Waals surface area contributed by atoms with Crippen molar-refractivity contribution in [1.29, 1.82) is 0 Å². The van der Waals surface area contributed by atoms with Gasteiger partial charge in [0, 0.05) is 11.5 Å². The number of para-hydroxylation sites is 1. The van der Waals surface area contributed by atoms with E-state index < -0.39 is 0 Å². The first kappa shape index (κ1) is 12.8. The maximum Gasteiger partial charge on any atom is 0.130 e. The molecule has 3 rings (SSSR count). The minimum atomic E-state index is 1.05. The van der Waals surface area contributed by atoms with Gasteiger partial charge in [-0.3, -0.25) is 0 Å². The highest BCUT2D eigenvalue weighted by molar-refractivity contribution is 8.38. The topological polar surface area (TPSA) is 12.4 Å². The molecule has 0 amide bonds. The Labute approximate surface area is 122 Å². The van der Waals surface area contributed by atoms with Gasteiger partial charge in [0.25, 0.3) is 0 Å². The molecule has 0 spiro atoms. The van der Waals surface area contributed by atoms with Crippen molar-refractivity contribution in [3.63, 3.8) is 0 Å². The van der Waals surface area contributed by atoms with Crippen LogP contribution >= 0.6 is 23.5 Å². The van der Waals surface area contributed by atoms with Gasteiger partial charge in [-0.2, -0.15) is 0 Å². The first-order chi connectivity index (χ1) is 9.42. The molecule has 1 heterocycles. The highest BCUT2D eigenvalue weighted by Gasteiger charge is 2.11. The van der Waals surface area contributed by atoms with Crippen LogP contribution in [0.15, 0.2) is 59.6 Å². The van der Waals surface area contributed by atoms with Crippen LogP contribution in [-0.4, -0.2) is 10.1 Å². The Morgan fingerprint density at radius 2 is 1.79 bits per heavy atom. The molecule has 0 fully saturated rings. The predicted octanol–water partition coefficient (Wildman–Crippen LogP) is 4.90. The molecule has 0 saturated heterocycles. The summed E-state index contributed by atoms with van der Waals surface area (Å²) in [5, 5.41) is 0. The molecule has 0 aromatic heterocycles. The zero-order valence-corrected chi connectivity index (χ0v) is 12.2. The van der Waals surface area contributed by atoms with Crippen molar-refractivity contribution in [2.24, 2.45) is 4.99 Å². The lowest BCUT2D eigenvalue weighted by Crippen LogP contribution is -1.98. The van der Waals surface area contributed by atoms with Crippen LogP contribution in [0.4, 0.5) is 5.69 Å². The Balaban J connectivity index is 1.58. The van der Waals surface area contributed by atoms with Crippen LogP contribution in [0.3, 0.4) is 0 Å². The van der Waals surface area contributed by atoms with Crippen molar-refractivity contribution >= 4 is 33.6 Å². The fourth-order valence-electron chi connectivity index (χ4n) is 1.99. The van der Waals surface area contributed by atoms with E-state index in [1.165, 1.54) is 15.5 Å². The molecule has 0 bridgehead atoms. The normalized spacial score (nSPS) is 13.8. The number of fused-ring (bicyclic) bond motifs is 1. The quantitative estimate of drug-likeness (QED) is 0.795. The predicted molar refractivity (Wildman–Crippen MR) is 87.4 cm³/mol. The van der Waals surface area contributed by atoms with Gasteiger partial charge >= 0.3 is 0 Å².